The smallest absolute Gasteiger partial charge is 0.320 e. The van der Waals surface area contributed by atoms with Crippen molar-refractivity contribution in [1.82, 2.24) is 4.90 Å². The first-order valence-electron chi connectivity index (χ1n) is 12.0. The van der Waals surface area contributed by atoms with Crippen LogP contribution in [-0.2, 0) is 9.53 Å². The van der Waals surface area contributed by atoms with E-state index >= 15 is 0 Å². The fourth-order valence-electron chi connectivity index (χ4n) is 5.02. The summed E-state index contributed by atoms with van der Waals surface area (Å²) in [6.07, 6.45) is 0. The molecule has 3 aromatic rings. The molecule has 0 saturated carbocycles. The van der Waals surface area contributed by atoms with E-state index < -0.39 is 6.04 Å². The summed E-state index contributed by atoms with van der Waals surface area (Å²) in [4.78, 5) is 14.9. The lowest BCUT2D eigenvalue weighted by Gasteiger charge is -2.31. The van der Waals surface area contributed by atoms with Gasteiger partial charge in [0.15, 0.2) is 11.5 Å². The van der Waals surface area contributed by atoms with Crippen LogP contribution in [0.15, 0.2) is 54.6 Å². The van der Waals surface area contributed by atoms with Gasteiger partial charge in [0.2, 0.25) is 6.79 Å². The average Bonchev–Trinajstić information content (AvgIpc) is 3.46. The number of rotatable bonds is 8. The number of phenols is 1. The van der Waals surface area contributed by atoms with E-state index in [0.717, 1.165) is 22.4 Å². The zero-order valence-corrected chi connectivity index (χ0v) is 20.5. The summed E-state index contributed by atoms with van der Waals surface area (Å²) in [6.45, 7) is 4.71. The SMILES string of the molecule is CCOC(=O)CN1[C@@H](c2ccc(OC)cc2O)c2cc(OCC)ccc2[C@H]1c1ccc2c(c1)OCO2. The van der Waals surface area contributed by atoms with Gasteiger partial charge in [-0.2, -0.15) is 0 Å². The molecule has 188 valence electrons. The maximum atomic E-state index is 12.8. The number of carbonyl (C=O) groups is 1. The molecule has 0 bridgehead atoms. The Morgan fingerprint density at radius 2 is 1.69 bits per heavy atom. The van der Waals surface area contributed by atoms with E-state index in [-0.39, 0.29) is 37.7 Å². The predicted octanol–water partition coefficient (Wildman–Crippen LogP) is 4.59. The van der Waals surface area contributed by atoms with Gasteiger partial charge in [-0.05, 0) is 66.9 Å². The Morgan fingerprint density at radius 3 is 2.44 bits per heavy atom. The molecule has 3 aromatic carbocycles. The summed E-state index contributed by atoms with van der Waals surface area (Å²) in [5.41, 5.74) is 3.53. The van der Waals surface area contributed by atoms with Crippen LogP contribution in [0.1, 0.15) is 48.2 Å². The van der Waals surface area contributed by atoms with Gasteiger partial charge in [-0.1, -0.05) is 12.1 Å². The highest BCUT2D eigenvalue weighted by Crippen LogP contribution is 2.52. The summed E-state index contributed by atoms with van der Waals surface area (Å²) in [5.74, 6) is 2.33. The minimum atomic E-state index is -0.439. The molecule has 2 atom stereocenters. The summed E-state index contributed by atoms with van der Waals surface area (Å²) in [5, 5.41) is 11.0. The first-order chi connectivity index (χ1) is 17.5. The molecule has 2 heterocycles. The number of hydrogen-bond acceptors (Lipinski definition) is 8. The molecule has 5 rings (SSSR count). The van der Waals surface area contributed by atoms with Crippen LogP contribution in [0.25, 0.3) is 0 Å². The number of ether oxygens (including phenoxy) is 5. The van der Waals surface area contributed by atoms with E-state index in [2.05, 4.69) is 0 Å². The third-order valence-corrected chi connectivity index (χ3v) is 6.48. The molecule has 0 amide bonds. The van der Waals surface area contributed by atoms with Crippen molar-refractivity contribution in [1.29, 1.82) is 0 Å². The summed E-state index contributed by atoms with van der Waals surface area (Å²) >= 11 is 0. The van der Waals surface area contributed by atoms with Crippen molar-refractivity contribution in [3.05, 3.63) is 76.9 Å². The van der Waals surface area contributed by atoms with Gasteiger partial charge in [-0.25, -0.2) is 0 Å². The Bertz CT molecular complexity index is 1270. The largest absolute Gasteiger partial charge is 0.507 e. The van der Waals surface area contributed by atoms with Gasteiger partial charge in [0.1, 0.15) is 17.2 Å². The molecule has 0 aliphatic carbocycles. The van der Waals surface area contributed by atoms with Gasteiger partial charge >= 0.3 is 5.97 Å². The van der Waals surface area contributed by atoms with Crippen LogP contribution in [0.4, 0.5) is 0 Å². The second kappa shape index (κ2) is 9.99. The van der Waals surface area contributed by atoms with Crippen molar-refractivity contribution in [3.63, 3.8) is 0 Å². The Kier molecular flexibility index (Phi) is 6.61. The summed E-state index contributed by atoms with van der Waals surface area (Å²) in [6, 6.07) is 16.2. The fourth-order valence-corrected chi connectivity index (χ4v) is 5.02. The standard InChI is InChI=1S/C28H29NO7/c1-4-33-19-8-9-20-22(13-19)28(21-10-7-18(32-3)14-23(21)30)29(15-26(31)34-5-2)27(20)17-6-11-24-25(12-17)36-16-35-24/h6-14,27-28,30H,4-5,15-16H2,1-3H3/t27-,28+/m1/s1. The van der Waals surface area contributed by atoms with Crippen molar-refractivity contribution in [3.8, 4) is 28.7 Å². The molecular formula is C28H29NO7. The average molecular weight is 492 g/mol. The third-order valence-electron chi connectivity index (χ3n) is 6.48. The molecule has 0 spiro atoms. The second-order valence-corrected chi connectivity index (χ2v) is 8.54. The first kappa shape index (κ1) is 23.8. The lowest BCUT2D eigenvalue weighted by atomic mass is 9.94. The van der Waals surface area contributed by atoms with E-state index in [4.69, 9.17) is 23.7 Å². The molecule has 0 aromatic heterocycles. The van der Waals surface area contributed by atoms with Crippen LogP contribution < -0.4 is 18.9 Å². The third kappa shape index (κ3) is 4.28. The molecule has 8 heteroatoms. The van der Waals surface area contributed by atoms with Gasteiger partial charge in [0.05, 0.1) is 39.0 Å². The van der Waals surface area contributed by atoms with E-state index in [1.165, 1.54) is 0 Å². The first-order valence-corrected chi connectivity index (χ1v) is 12.0. The van der Waals surface area contributed by atoms with Crippen LogP contribution in [-0.4, -0.2) is 49.6 Å². The molecule has 2 aliphatic heterocycles. The second-order valence-electron chi connectivity index (χ2n) is 8.54. The quantitative estimate of drug-likeness (QED) is 0.458. The zero-order chi connectivity index (χ0) is 25.2. The van der Waals surface area contributed by atoms with Gasteiger partial charge < -0.3 is 28.8 Å². The minimum absolute atomic E-state index is 0.0156. The number of methoxy groups -OCH3 is 1. The highest BCUT2D eigenvalue weighted by molar-refractivity contribution is 5.73. The number of aromatic hydroxyl groups is 1. The maximum absolute atomic E-state index is 12.8. The van der Waals surface area contributed by atoms with Crippen molar-refractivity contribution >= 4 is 5.97 Å². The van der Waals surface area contributed by atoms with Crippen molar-refractivity contribution < 1.29 is 33.6 Å². The number of carbonyl (C=O) groups excluding carboxylic acids is 1. The predicted molar refractivity (Wildman–Crippen MR) is 132 cm³/mol. The lowest BCUT2D eigenvalue weighted by Crippen LogP contribution is -2.34. The molecule has 2 aliphatic rings. The van der Waals surface area contributed by atoms with Crippen molar-refractivity contribution in [2.75, 3.05) is 33.7 Å². The normalized spacial score (nSPS) is 18.1. The molecule has 0 fully saturated rings. The maximum Gasteiger partial charge on any atom is 0.320 e. The number of hydrogen-bond donors (Lipinski definition) is 1. The van der Waals surface area contributed by atoms with Gasteiger partial charge in [-0.3, -0.25) is 9.69 Å². The van der Waals surface area contributed by atoms with Crippen LogP contribution in [0.2, 0.25) is 0 Å². The van der Waals surface area contributed by atoms with Crippen LogP contribution in [0.3, 0.4) is 0 Å². The lowest BCUT2D eigenvalue weighted by molar-refractivity contribution is -0.145. The van der Waals surface area contributed by atoms with Gasteiger partial charge in [0, 0.05) is 11.6 Å². The Labute approximate surface area is 209 Å². The summed E-state index contributed by atoms with van der Waals surface area (Å²) < 4.78 is 27.6. The molecule has 36 heavy (non-hydrogen) atoms. The summed E-state index contributed by atoms with van der Waals surface area (Å²) in [7, 11) is 1.55. The van der Waals surface area contributed by atoms with Crippen LogP contribution in [0.5, 0.6) is 28.7 Å². The number of fused-ring (bicyclic) bond motifs is 2. The van der Waals surface area contributed by atoms with Crippen molar-refractivity contribution in [2.24, 2.45) is 0 Å². The Hall–Kier alpha value is -3.91. The Balaban J connectivity index is 1.69. The van der Waals surface area contributed by atoms with E-state index in [9.17, 15) is 9.90 Å². The van der Waals surface area contributed by atoms with Gasteiger partial charge in [0.25, 0.3) is 0 Å². The molecule has 8 nitrogen and oxygen atoms in total. The number of nitrogens with zero attached hydrogens (tertiary/aromatic N) is 1. The number of benzene rings is 3. The molecule has 1 N–H and O–H groups in total. The van der Waals surface area contributed by atoms with E-state index in [1.54, 1.807) is 26.2 Å². The molecule has 0 unspecified atom stereocenters. The topological polar surface area (TPSA) is 86.7 Å². The fraction of sp³-hybridized carbons (Fsp3) is 0.321. The Morgan fingerprint density at radius 1 is 0.917 bits per heavy atom. The van der Waals surface area contributed by atoms with Crippen molar-refractivity contribution in [2.45, 2.75) is 25.9 Å². The van der Waals surface area contributed by atoms with E-state index in [1.807, 2.05) is 54.3 Å². The highest BCUT2D eigenvalue weighted by atomic mass is 16.7. The molecular weight excluding hydrogens is 462 g/mol. The monoisotopic (exact) mass is 491 g/mol. The van der Waals surface area contributed by atoms with Crippen LogP contribution in [0, 0.1) is 0 Å². The highest BCUT2D eigenvalue weighted by Gasteiger charge is 2.43. The zero-order valence-electron chi connectivity index (χ0n) is 20.5. The van der Waals surface area contributed by atoms with Gasteiger partial charge in [-0.15, -0.1) is 0 Å². The molecule has 0 radical (unpaired) electrons. The number of phenolic OH excluding ortho intramolecular Hbond substituents is 1. The molecule has 0 saturated heterocycles. The minimum Gasteiger partial charge on any atom is -0.507 e. The number of esters is 1. The van der Waals surface area contributed by atoms with Crippen LogP contribution >= 0.6 is 0 Å². The van der Waals surface area contributed by atoms with E-state index in [0.29, 0.717) is 29.4 Å².